The number of benzene rings is 2. The number of carbonyl (C=O) groups excluding carboxylic acids is 2. The average molecular weight is 419 g/mol. The molecule has 2 rings (SSSR count). The number of rotatable bonds is 5. The van der Waals surface area contributed by atoms with Crippen LogP contribution < -0.4 is 10.6 Å². The van der Waals surface area contributed by atoms with Crippen LogP contribution in [0.2, 0.25) is 0 Å². The van der Waals surface area contributed by atoms with Gasteiger partial charge in [-0.2, -0.15) is 5.26 Å². The number of nitrogens with one attached hydrogen (secondary N) is 2. The lowest BCUT2D eigenvalue weighted by Gasteiger charge is -2.11. The average Bonchev–Trinajstić information content (AvgIpc) is 2.54. The number of anilines is 1. The highest BCUT2D eigenvalue weighted by Crippen LogP contribution is 2.16. The Balaban J connectivity index is 2.06. The maximum absolute atomic E-state index is 12.2. The largest absolute Gasteiger partial charge is 0.348 e. The molecular formula is C17H14IN3O2. The zero-order valence-corrected chi connectivity index (χ0v) is 14.3. The van der Waals surface area contributed by atoms with Gasteiger partial charge < -0.3 is 10.6 Å². The second kappa shape index (κ2) is 8.29. The summed E-state index contributed by atoms with van der Waals surface area (Å²) in [5, 5.41) is 14.1. The van der Waals surface area contributed by atoms with Gasteiger partial charge >= 0.3 is 0 Å². The Hall–Kier alpha value is -2.40. The third kappa shape index (κ3) is 4.79. The first-order chi connectivity index (χ1) is 11.1. The van der Waals surface area contributed by atoms with Crippen molar-refractivity contribution in [1.82, 2.24) is 5.32 Å². The number of carbonyl (C=O) groups is 2. The Morgan fingerprint density at radius 2 is 1.78 bits per heavy atom. The van der Waals surface area contributed by atoms with Gasteiger partial charge in [0.15, 0.2) is 0 Å². The number of halogens is 1. The van der Waals surface area contributed by atoms with E-state index in [9.17, 15) is 9.59 Å². The van der Waals surface area contributed by atoms with Gasteiger partial charge in [-0.15, -0.1) is 0 Å². The van der Waals surface area contributed by atoms with E-state index in [-0.39, 0.29) is 24.8 Å². The van der Waals surface area contributed by atoms with E-state index in [0.29, 0.717) is 11.3 Å². The Morgan fingerprint density at radius 3 is 2.52 bits per heavy atom. The molecule has 23 heavy (non-hydrogen) atoms. The van der Waals surface area contributed by atoms with Gasteiger partial charge in [0, 0.05) is 15.8 Å². The second-order valence-corrected chi connectivity index (χ2v) is 5.86. The van der Waals surface area contributed by atoms with Crippen LogP contribution in [-0.2, 0) is 11.3 Å². The van der Waals surface area contributed by atoms with E-state index < -0.39 is 0 Å². The van der Waals surface area contributed by atoms with Gasteiger partial charge in [-0.3, -0.25) is 9.59 Å². The molecule has 0 aromatic heterocycles. The van der Waals surface area contributed by atoms with Crippen LogP contribution in [0.15, 0.2) is 48.5 Å². The molecule has 0 heterocycles. The molecule has 0 saturated heterocycles. The normalized spacial score (nSPS) is 9.74. The molecule has 0 radical (unpaired) electrons. The molecular weight excluding hydrogens is 405 g/mol. The molecule has 0 aliphatic carbocycles. The maximum atomic E-state index is 12.2. The molecule has 0 aliphatic heterocycles. The molecule has 2 aromatic carbocycles. The highest BCUT2D eigenvalue weighted by molar-refractivity contribution is 14.1. The van der Waals surface area contributed by atoms with Crippen molar-refractivity contribution < 1.29 is 9.59 Å². The quantitative estimate of drug-likeness (QED) is 0.731. The van der Waals surface area contributed by atoms with Crippen molar-refractivity contribution in [2.75, 3.05) is 5.32 Å². The minimum atomic E-state index is -0.371. The maximum Gasteiger partial charge on any atom is 0.252 e. The van der Waals surface area contributed by atoms with Crippen LogP contribution in [0.1, 0.15) is 22.3 Å². The lowest BCUT2D eigenvalue weighted by atomic mass is 10.1. The zero-order chi connectivity index (χ0) is 16.7. The van der Waals surface area contributed by atoms with Crippen molar-refractivity contribution in [3.8, 4) is 6.07 Å². The van der Waals surface area contributed by atoms with E-state index in [1.807, 2.05) is 30.3 Å². The first-order valence-corrected chi connectivity index (χ1v) is 7.97. The molecule has 0 unspecified atom stereocenters. The molecule has 0 fully saturated rings. The van der Waals surface area contributed by atoms with Crippen molar-refractivity contribution in [1.29, 1.82) is 5.26 Å². The fourth-order valence-corrected chi connectivity index (χ4v) is 2.61. The summed E-state index contributed by atoms with van der Waals surface area (Å²) in [6.07, 6.45) is -0.205. The Bertz CT molecular complexity index is 768. The third-order valence-corrected chi connectivity index (χ3v) is 4.03. The van der Waals surface area contributed by atoms with Crippen molar-refractivity contribution in [3.05, 3.63) is 63.2 Å². The summed E-state index contributed by atoms with van der Waals surface area (Å²) in [4.78, 5) is 23.8. The minimum absolute atomic E-state index is 0.173. The smallest absolute Gasteiger partial charge is 0.252 e. The Morgan fingerprint density at radius 1 is 1.09 bits per heavy atom. The SMILES string of the molecule is N#CCC(=O)Nc1ccccc1CNC(=O)c1ccccc1I. The topological polar surface area (TPSA) is 82.0 Å². The van der Waals surface area contributed by atoms with Gasteiger partial charge in [-0.1, -0.05) is 30.3 Å². The van der Waals surface area contributed by atoms with Crippen LogP contribution in [0, 0.1) is 14.9 Å². The third-order valence-electron chi connectivity index (χ3n) is 3.09. The first-order valence-electron chi connectivity index (χ1n) is 6.89. The van der Waals surface area contributed by atoms with Crippen LogP contribution in [-0.4, -0.2) is 11.8 Å². The van der Waals surface area contributed by atoms with E-state index in [0.717, 1.165) is 9.13 Å². The van der Waals surface area contributed by atoms with Gasteiger partial charge in [0.1, 0.15) is 6.42 Å². The number of hydrogen-bond donors (Lipinski definition) is 2. The van der Waals surface area contributed by atoms with E-state index in [1.165, 1.54) is 0 Å². The van der Waals surface area contributed by atoms with Gasteiger partial charge in [0.25, 0.3) is 5.91 Å². The van der Waals surface area contributed by atoms with Crippen molar-refractivity contribution in [2.24, 2.45) is 0 Å². The van der Waals surface area contributed by atoms with E-state index in [4.69, 9.17) is 5.26 Å². The Labute approximate surface area is 147 Å². The van der Waals surface area contributed by atoms with Crippen LogP contribution in [0.3, 0.4) is 0 Å². The molecule has 0 spiro atoms. The summed E-state index contributed by atoms with van der Waals surface area (Å²) in [5.74, 6) is -0.544. The number of para-hydroxylation sites is 1. The molecule has 0 aliphatic rings. The van der Waals surface area contributed by atoms with E-state index in [1.54, 1.807) is 24.3 Å². The Kier molecular flexibility index (Phi) is 6.11. The van der Waals surface area contributed by atoms with Gasteiger partial charge in [-0.05, 0) is 46.4 Å². The van der Waals surface area contributed by atoms with Crippen molar-refractivity contribution >= 4 is 40.1 Å². The minimum Gasteiger partial charge on any atom is -0.348 e. The summed E-state index contributed by atoms with van der Waals surface area (Å²) in [6.45, 7) is 0.285. The summed E-state index contributed by atoms with van der Waals surface area (Å²) in [6, 6.07) is 16.3. The lowest BCUT2D eigenvalue weighted by Crippen LogP contribution is -2.24. The van der Waals surface area contributed by atoms with Gasteiger partial charge in [0.2, 0.25) is 5.91 Å². The molecule has 6 heteroatoms. The summed E-state index contributed by atoms with van der Waals surface area (Å²) >= 11 is 2.11. The summed E-state index contributed by atoms with van der Waals surface area (Å²) in [7, 11) is 0. The first kappa shape index (κ1) is 17.0. The summed E-state index contributed by atoms with van der Waals surface area (Å²) < 4.78 is 0.873. The van der Waals surface area contributed by atoms with E-state index >= 15 is 0 Å². The van der Waals surface area contributed by atoms with Gasteiger partial charge in [-0.25, -0.2) is 0 Å². The molecule has 2 amide bonds. The molecule has 0 atom stereocenters. The van der Waals surface area contributed by atoms with Crippen LogP contribution in [0.25, 0.3) is 0 Å². The van der Waals surface area contributed by atoms with Crippen molar-refractivity contribution in [3.63, 3.8) is 0 Å². The predicted octanol–water partition coefficient (Wildman–Crippen LogP) is 3.07. The molecule has 2 N–H and O–H groups in total. The number of nitrogens with zero attached hydrogens (tertiary/aromatic N) is 1. The monoisotopic (exact) mass is 419 g/mol. The van der Waals surface area contributed by atoms with Crippen LogP contribution in [0.5, 0.6) is 0 Å². The fourth-order valence-electron chi connectivity index (χ4n) is 1.98. The van der Waals surface area contributed by atoms with E-state index in [2.05, 4.69) is 33.2 Å². The summed E-state index contributed by atoms with van der Waals surface area (Å²) in [5.41, 5.74) is 1.98. The number of nitriles is 1. The predicted molar refractivity (Wildman–Crippen MR) is 95.6 cm³/mol. The molecule has 2 aromatic rings. The highest BCUT2D eigenvalue weighted by Gasteiger charge is 2.11. The molecule has 0 bridgehead atoms. The highest BCUT2D eigenvalue weighted by atomic mass is 127. The standard InChI is InChI=1S/C17H14IN3O2/c18-14-7-3-2-6-13(14)17(23)20-11-12-5-1-4-8-15(12)21-16(22)9-10-19/h1-8H,9,11H2,(H,20,23)(H,21,22). The fraction of sp³-hybridized carbons (Fsp3) is 0.118. The van der Waals surface area contributed by atoms with Gasteiger partial charge in [0.05, 0.1) is 11.6 Å². The molecule has 116 valence electrons. The van der Waals surface area contributed by atoms with Crippen LogP contribution >= 0.6 is 22.6 Å². The van der Waals surface area contributed by atoms with Crippen LogP contribution in [0.4, 0.5) is 5.69 Å². The number of amides is 2. The molecule has 0 saturated carbocycles. The second-order valence-electron chi connectivity index (χ2n) is 4.70. The number of hydrogen-bond acceptors (Lipinski definition) is 3. The van der Waals surface area contributed by atoms with Crippen molar-refractivity contribution in [2.45, 2.75) is 13.0 Å². The zero-order valence-electron chi connectivity index (χ0n) is 12.2. The molecule has 5 nitrogen and oxygen atoms in total. The lowest BCUT2D eigenvalue weighted by molar-refractivity contribution is -0.115.